The summed E-state index contributed by atoms with van der Waals surface area (Å²) in [6.07, 6.45) is 0.876. The molecule has 2 bridgehead atoms. The standard InChI is InChI=1S/C8H6Cl2N2/c1-2-4-3-5-7(10)8(6(4)9)12-11-5/h3H,2H2,1H3. The van der Waals surface area contributed by atoms with Gasteiger partial charge in [0.15, 0.2) is 0 Å². The van der Waals surface area contributed by atoms with Crippen LogP contribution in [0.15, 0.2) is 16.3 Å². The summed E-state index contributed by atoms with van der Waals surface area (Å²) in [6, 6.07) is 1.88. The van der Waals surface area contributed by atoms with Gasteiger partial charge in [0.05, 0.1) is 10.0 Å². The average Bonchev–Trinajstić information content (AvgIpc) is 2.31. The summed E-state index contributed by atoms with van der Waals surface area (Å²) in [5.74, 6) is 0. The zero-order valence-electron chi connectivity index (χ0n) is 6.43. The molecule has 0 saturated carbocycles. The van der Waals surface area contributed by atoms with E-state index in [0.717, 1.165) is 17.7 Å². The van der Waals surface area contributed by atoms with Crippen LogP contribution in [0.3, 0.4) is 0 Å². The maximum atomic E-state index is 6.01. The predicted octanol–water partition coefficient (Wildman–Crippen LogP) is 4.28. The SMILES string of the molecule is CCc1cc2c(Cl)c(c1Cl)N=N2. The van der Waals surface area contributed by atoms with Crippen LogP contribution in [0.25, 0.3) is 0 Å². The molecule has 0 fully saturated rings. The molecule has 1 aliphatic heterocycles. The second kappa shape index (κ2) is 2.71. The Labute approximate surface area is 80.2 Å². The first-order valence-electron chi connectivity index (χ1n) is 3.66. The van der Waals surface area contributed by atoms with E-state index in [1.807, 2.05) is 13.0 Å². The van der Waals surface area contributed by atoms with Crippen molar-refractivity contribution in [3.05, 3.63) is 21.7 Å². The lowest BCUT2D eigenvalue weighted by molar-refractivity contribution is 1.14. The molecule has 0 aromatic heterocycles. The Bertz CT molecular complexity index is 372. The van der Waals surface area contributed by atoms with Crippen LogP contribution in [0.2, 0.25) is 10.0 Å². The lowest BCUT2D eigenvalue weighted by Gasteiger charge is -2.02. The quantitative estimate of drug-likeness (QED) is 0.657. The van der Waals surface area contributed by atoms with Crippen LogP contribution in [0.4, 0.5) is 11.4 Å². The van der Waals surface area contributed by atoms with Crippen LogP contribution in [0.5, 0.6) is 0 Å². The van der Waals surface area contributed by atoms with Crippen LogP contribution in [0.1, 0.15) is 12.5 Å². The third-order valence-electron chi connectivity index (χ3n) is 1.87. The van der Waals surface area contributed by atoms with Gasteiger partial charge in [-0.05, 0) is 18.1 Å². The molecular weight excluding hydrogens is 195 g/mol. The smallest absolute Gasteiger partial charge is 0.125 e. The number of aryl methyl sites for hydroxylation is 1. The molecule has 1 aromatic carbocycles. The second-order valence-electron chi connectivity index (χ2n) is 2.58. The third kappa shape index (κ3) is 0.952. The molecule has 0 atom stereocenters. The normalized spacial score (nSPS) is 12.6. The average molecular weight is 201 g/mol. The first-order chi connectivity index (χ1) is 5.74. The topological polar surface area (TPSA) is 24.7 Å². The zero-order valence-corrected chi connectivity index (χ0v) is 7.95. The van der Waals surface area contributed by atoms with E-state index in [-0.39, 0.29) is 0 Å². The molecule has 0 spiro atoms. The Hall–Kier alpha value is -0.600. The molecule has 0 N–H and O–H groups in total. The maximum Gasteiger partial charge on any atom is 0.125 e. The van der Waals surface area contributed by atoms with E-state index in [9.17, 15) is 0 Å². The molecule has 62 valence electrons. The molecule has 0 saturated heterocycles. The minimum absolute atomic E-state index is 0.567. The summed E-state index contributed by atoms with van der Waals surface area (Å²) in [5, 5.41) is 8.95. The van der Waals surface area contributed by atoms with Crippen molar-refractivity contribution < 1.29 is 0 Å². The van der Waals surface area contributed by atoms with Gasteiger partial charge in [-0.3, -0.25) is 0 Å². The van der Waals surface area contributed by atoms with Crippen LogP contribution >= 0.6 is 23.2 Å². The van der Waals surface area contributed by atoms with Crippen molar-refractivity contribution in [3.8, 4) is 0 Å². The highest BCUT2D eigenvalue weighted by Gasteiger charge is 2.18. The first kappa shape index (κ1) is 8.02. The minimum Gasteiger partial charge on any atom is -0.149 e. The second-order valence-corrected chi connectivity index (χ2v) is 3.34. The fourth-order valence-electron chi connectivity index (χ4n) is 1.18. The first-order valence-corrected chi connectivity index (χ1v) is 4.42. The number of halogens is 2. The summed E-state index contributed by atoms with van der Waals surface area (Å²) in [6.45, 7) is 2.04. The van der Waals surface area contributed by atoms with Gasteiger partial charge in [-0.15, -0.1) is 10.2 Å². The van der Waals surface area contributed by atoms with Crippen molar-refractivity contribution in [1.82, 2.24) is 0 Å². The lowest BCUT2D eigenvalue weighted by Crippen LogP contribution is -1.80. The molecule has 1 aromatic rings. The lowest BCUT2D eigenvalue weighted by atomic mass is 10.1. The number of fused-ring (bicyclic) bond motifs is 2. The molecule has 12 heavy (non-hydrogen) atoms. The molecule has 2 nitrogen and oxygen atoms in total. The largest absolute Gasteiger partial charge is 0.149 e. The van der Waals surface area contributed by atoms with Crippen LogP contribution in [-0.4, -0.2) is 0 Å². The van der Waals surface area contributed by atoms with E-state index < -0.39 is 0 Å². The van der Waals surface area contributed by atoms with E-state index >= 15 is 0 Å². The summed E-state index contributed by atoms with van der Waals surface area (Å²) in [7, 11) is 0. The fraction of sp³-hybridized carbons (Fsp3) is 0.250. The highest BCUT2D eigenvalue weighted by atomic mass is 35.5. The van der Waals surface area contributed by atoms with Gasteiger partial charge < -0.3 is 0 Å². The Balaban J connectivity index is 2.72. The van der Waals surface area contributed by atoms with Gasteiger partial charge >= 0.3 is 0 Å². The van der Waals surface area contributed by atoms with Gasteiger partial charge in [0, 0.05) is 0 Å². The van der Waals surface area contributed by atoms with E-state index in [2.05, 4.69) is 10.2 Å². The van der Waals surface area contributed by atoms with Gasteiger partial charge in [0.1, 0.15) is 11.4 Å². The maximum absolute atomic E-state index is 6.01. The molecule has 1 aliphatic rings. The molecule has 4 heteroatoms. The highest BCUT2D eigenvalue weighted by Crippen LogP contribution is 2.47. The van der Waals surface area contributed by atoms with Gasteiger partial charge in [0.2, 0.25) is 0 Å². The summed E-state index contributed by atoms with van der Waals surface area (Å²) in [4.78, 5) is 0. The molecule has 0 amide bonds. The fourth-order valence-corrected chi connectivity index (χ4v) is 1.78. The van der Waals surface area contributed by atoms with Crippen molar-refractivity contribution in [2.24, 2.45) is 10.2 Å². The van der Waals surface area contributed by atoms with Crippen molar-refractivity contribution in [2.45, 2.75) is 13.3 Å². The Kier molecular flexibility index (Phi) is 1.81. The summed E-state index contributed by atoms with van der Waals surface area (Å²) >= 11 is 11.9. The number of hydrogen-bond donors (Lipinski definition) is 0. The van der Waals surface area contributed by atoms with E-state index in [1.54, 1.807) is 0 Å². The number of nitrogens with zero attached hydrogens (tertiary/aromatic N) is 2. The van der Waals surface area contributed by atoms with E-state index in [4.69, 9.17) is 23.2 Å². The van der Waals surface area contributed by atoms with Crippen LogP contribution in [0, 0.1) is 0 Å². The molecule has 2 rings (SSSR count). The number of hydrogen-bond acceptors (Lipinski definition) is 2. The van der Waals surface area contributed by atoms with Gasteiger partial charge in [-0.25, -0.2) is 0 Å². The molecular formula is C8H6Cl2N2. The van der Waals surface area contributed by atoms with Crippen LogP contribution in [-0.2, 0) is 6.42 Å². The van der Waals surface area contributed by atoms with Gasteiger partial charge in [-0.2, -0.15) is 0 Å². The Morgan fingerprint density at radius 1 is 1.25 bits per heavy atom. The van der Waals surface area contributed by atoms with Crippen molar-refractivity contribution >= 4 is 34.6 Å². The summed E-state index contributed by atoms with van der Waals surface area (Å²) in [5.41, 5.74) is 2.40. The minimum atomic E-state index is 0.567. The molecule has 0 radical (unpaired) electrons. The predicted molar refractivity (Wildman–Crippen MR) is 50.0 cm³/mol. The van der Waals surface area contributed by atoms with E-state index in [1.165, 1.54) is 0 Å². The van der Waals surface area contributed by atoms with E-state index in [0.29, 0.717) is 15.7 Å². The Morgan fingerprint density at radius 2 is 2.00 bits per heavy atom. The van der Waals surface area contributed by atoms with Crippen molar-refractivity contribution in [2.75, 3.05) is 0 Å². The van der Waals surface area contributed by atoms with Crippen molar-refractivity contribution in [3.63, 3.8) is 0 Å². The highest BCUT2D eigenvalue weighted by molar-refractivity contribution is 6.41. The third-order valence-corrected chi connectivity index (χ3v) is 2.67. The van der Waals surface area contributed by atoms with Gasteiger partial charge in [0.25, 0.3) is 0 Å². The number of azo groups is 1. The number of rotatable bonds is 1. The zero-order chi connectivity index (χ0) is 8.72. The number of benzene rings is 1. The van der Waals surface area contributed by atoms with Crippen molar-refractivity contribution in [1.29, 1.82) is 0 Å². The Morgan fingerprint density at radius 3 is 2.67 bits per heavy atom. The molecule has 1 heterocycles. The summed E-state index contributed by atoms with van der Waals surface area (Å²) < 4.78 is 0. The van der Waals surface area contributed by atoms with Crippen LogP contribution < -0.4 is 0 Å². The van der Waals surface area contributed by atoms with Gasteiger partial charge in [-0.1, -0.05) is 30.1 Å². The molecule has 0 aliphatic carbocycles. The molecule has 0 unspecified atom stereocenters. The monoisotopic (exact) mass is 200 g/mol.